The Kier molecular flexibility index (Phi) is 8.95. The van der Waals surface area contributed by atoms with E-state index in [1.165, 1.54) is 16.8 Å². The van der Waals surface area contributed by atoms with E-state index in [4.69, 9.17) is 0 Å². The van der Waals surface area contributed by atoms with Gasteiger partial charge in [0, 0.05) is 31.1 Å². The zero-order valence-corrected chi connectivity index (χ0v) is 24.9. The Morgan fingerprint density at radius 1 is 1.07 bits per heavy atom. The largest absolute Gasteiger partial charge is 0.416 e. The van der Waals surface area contributed by atoms with E-state index in [0.717, 1.165) is 42.8 Å². The van der Waals surface area contributed by atoms with Gasteiger partial charge in [-0.2, -0.15) is 31.4 Å². The SMILES string of the molecule is O=C1N[C@@](c2cnn(CCC=CCCC(F)(F)F)c2)(C(F)(F)F)CC(c2ccc3c(c2)CCCC3)=C1C(=O)NS(=O)(=O)C1CC1. The van der Waals surface area contributed by atoms with E-state index in [-0.39, 0.29) is 30.5 Å². The van der Waals surface area contributed by atoms with E-state index in [0.29, 0.717) is 19.3 Å². The minimum absolute atomic E-state index is 0.0601. The van der Waals surface area contributed by atoms with Crippen molar-refractivity contribution in [3.8, 4) is 0 Å². The lowest BCUT2D eigenvalue weighted by molar-refractivity contribution is -0.202. The number of alkyl halides is 6. The number of sulfonamides is 1. The lowest BCUT2D eigenvalue weighted by Gasteiger charge is -2.40. The molecule has 0 bridgehead atoms. The van der Waals surface area contributed by atoms with Crippen molar-refractivity contribution < 1.29 is 44.3 Å². The van der Waals surface area contributed by atoms with Crippen molar-refractivity contribution in [2.75, 3.05) is 0 Å². The van der Waals surface area contributed by atoms with Crippen molar-refractivity contribution in [2.45, 2.75) is 93.9 Å². The van der Waals surface area contributed by atoms with E-state index >= 15 is 13.2 Å². The molecule has 2 aromatic rings. The smallest absolute Gasteiger partial charge is 0.334 e. The lowest BCUT2D eigenvalue weighted by atomic mass is 9.76. The molecule has 1 aromatic carbocycles. The Labute approximate surface area is 256 Å². The Morgan fingerprint density at radius 3 is 2.42 bits per heavy atom. The van der Waals surface area contributed by atoms with Gasteiger partial charge in [0.25, 0.3) is 11.8 Å². The molecule has 2 aliphatic carbocycles. The number of carbonyl (C=O) groups is 2. The second-order valence-corrected chi connectivity index (χ2v) is 13.6. The highest BCUT2D eigenvalue weighted by molar-refractivity contribution is 7.91. The Balaban J connectivity index is 1.49. The molecule has 3 aliphatic rings. The van der Waals surface area contributed by atoms with Crippen LogP contribution < -0.4 is 10.0 Å². The molecule has 5 rings (SSSR count). The minimum Gasteiger partial charge on any atom is -0.334 e. The van der Waals surface area contributed by atoms with Gasteiger partial charge < -0.3 is 5.32 Å². The number of amides is 2. The van der Waals surface area contributed by atoms with Gasteiger partial charge >= 0.3 is 12.4 Å². The molecule has 0 spiro atoms. The van der Waals surface area contributed by atoms with Crippen LogP contribution in [0.4, 0.5) is 26.3 Å². The van der Waals surface area contributed by atoms with Crippen LogP contribution >= 0.6 is 0 Å². The summed E-state index contributed by atoms with van der Waals surface area (Å²) >= 11 is 0. The Bertz CT molecular complexity index is 1640. The van der Waals surface area contributed by atoms with E-state index in [2.05, 4.69) is 5.10 Å². The number of hydrogen-bond acceptors (Lipinski definition) is 5. The molecule has 2 heterocycles. The van der Waals surface area contributed by atoms with Gasteiger partial charge in [0.2, 0.25) is 10.0 Å². The monoisotopic (exact) mass is 658 g/mol. The second-order valence-electron chi connectivity index (χ2n) is 11.7. The average molecular weight is 659 g/mol. The fraction of sp³-hybridized carbons (Fsp3) is 0.500. The predicted molar refractivity (Wildman–Crippen MR) is 152 cm³/mol. The molecule has 1 fully saturated rings. The summed E-state index contributed by atoms with van der Waals surface area (Å²) in [5, 5.41) is 5.16. The van der Waals surface area contributed by atoms with Crippen molar-refractivity contribution in [3.05, 3.63) is 70.6 Å². The van der Waals surface area contributed by atoms with Crippen LogP contribution in [0, 0.1) is 0 Å². The summed E-state index contributed by atoms with van der Waals surface area (Å²) in [6.45, 7) is 0.0601. The zero-order chi connectivity index (χ0) is 32.6. The van der Waals surface area contributed by atoms with Crippen LogP contribution in [0.25, 0.3) is 5.57 Å². The number of nitrogens with one attached hydrogen (secondary N) is 2. The van der Waals surface area contributed by atoms with Gasteiger partial charge in [-0.05, 0) is 73.6 Å². The number of allylic oxidation sites excluding steroid dienone is 2. The highest BCUT2D eigenvalue weighted by Gasteiger charge is 2.61. The lowest BCUT2D eigenvalue weighted by Crippen LogP contribution is -2.59. The normalized spacial score (nSPS) is 21.2. The highest BCUT2D eigenvalue weighted by Crippen LogP contribution is 2.48. The van der Waals surface area contributed by atoms with Crippen LogP contribution in [-0.2, 0) is 44.5 Å². The van der Waals surface area contributed by atoms with Crippen LogP contribution in [0.1, 0.15) is 73.6 Å². The topological polar surface area (TPSA) is 110 Å². The number of hydrogen-bond donors (Lipinski definition) is 2. The van der Waals surface area contributed by atoms with Crippen LogP contribution in [0.3, 0.4) is 0 Å². The summed E-state index contributed by atoms with van der Waals surface area (Å²) in [5.41, 5.74) is -2.25. The van der Waals surface area contributed by atoms with E-state index in [1.54, 1.807) is 18.2 Å². The van der Waals surface area contributed by atoms with Gasteiger partial charge in [-0.1, -0.05) is 30.4 Å². The first-order valence-electron chi connectivity index (χ1n) is 14.6. The first-order valence-corrected chi connectivity index (χ1v) is 16.2. The molecular formula is C30H32F6N4O4S. The molecule has 8 nitrogen and oxygen atoms in total. The maximum atomic E-state index is 15.1. The maximum Gasteiger partial charge on any atom is 0.416 e. The number of carbonyl (C=O) groups excluding carboxylic acids is 2. The molecule has 2 amide bonds. The third kappa shape index (κ3) is 7.28. The molecule has 1 aromatic heterocycles. The second kappa shape index (κ2) is 12.3. The summed E-state index contributed by atoms with van der Waals surface area (Å²) in [5.74, 6) is -2.67. The molecule has 0 unspecified atom stereocenters. The van der Waals surface area contributed by atoms with Gasteiger partial charge in [-0.15, -0.1) is 0 Å². The fourth-order valence-corrected chi connectivity index (χ4v) is 7.03. The van der Waals surface area contributed by atoms with Gasteiger partial charge in [0.15, 0.2) is 5.54 Å². The zero-order valence-electron chi connectivity index (χ0n) is 24.1. The van der Waals surface area contributed by atoms with Gasteiger partial charge in [-0.25, -0.2) is 13.1 Å². The van der Waals surface area contributed by atoms with Crippen LogP contribution in [-0.4, -0.2) is 47.6 Å². The molecular weight excluding hydrogens is 626 g/mol. The molecule has 1 aliphatic heterocycles. The molecule has 244 valence electrons. The molecule has 45 heavy (non-hydrogen) atoms. The summed E-state index contributed by atoms with van der Waals surface area (Å²) in [7, 11) is -4.12. The minimum atomic E-state index is -5.07. The highest BCUT2D eigenvalue weighted by atomic mass is 32.2. The van der Waals surface area contributed by atoms with Crippen molar-refractivity contribution in [1.29, 1.82) is 0 Å². The fourth-order valence-electron chi connectivity index (χ4n) is 5.75. The Hall–Kier alpha value is -3.62. The number of rotatable bonds is 10. The number of fused-ring (bicyclic) bond motifs is 1. The third-order valence-corrected chi connectivity index (χ3v) is 10.1. The molecule has 2 N–H and O–H groups in total. The van der Waals surface area contributed by atoms with Crippen LogP contribution in [0.15, 0.2) is 48.3 Å². The van der Waals surface area contributed by atoms with E-state index in [1.807, 2.05) is 10.0 Å². The molecule has 0 radical (unpaired) electrons. The third-order valence-electron chi connectivity index (χ3n) is 8.32. The first-order chi connectivity index (χ1) is 21.1. The molecule has 1 atom stereocenters. The average Bonchev–Trinajstić information content (AvgIpc) is 3.72. The van der Waals surface area contributed by atoms with Crippen LogP contribution in [0.5, 0.6) is 0 Å². The van der Waals surface area contributed by atoms with E-state index in [9.17, 15) is 31.2 Å². The number of aryl methyl sites for hydroxylation is 3. The maximum absolute atomic E-state index is 15.1. The quantitative estimate of drug-likeness (QED) is 0.202. The predicted octanol–water partition coefficient (Wildman–Crippen LogP) is 5.39. The van der Waals surface area contributed by atoms with Crippen LogP contribution in [0.2, 0.25) is 0 Å². The summed E-state index contributed by atoms with van der Waals surface area (Å²) < 4.78 is 110. The number of aromatic nitrogens is 2. The van der Waals surface area contributed by atoms with E-state index < -0.39 is 69.0 Å². The van der Waals surface area contributed by atoms with Crippen molar-refractivity contribution >= 4 is 27.4 Å². The summed E-state index contributed by atoms with van der Waals surface area (Å²) in [6, 6.07) is 4.98. The molecule has 15 heteroatoms. The van der Waals surface area contributed by atoms with Crippen molar-refractivity contribution in [2.24, 2.45) is 0 Å². The summed E-state index contributed by atoms with van der Waals surface area (Å²) in [6.07, 6.45) is -2.50. The van der Waals surface area contributed by atoms with Gasteiger partial charge in [-0.3, -0.25) is 14.3 Å². The molecule has 0 saturated heterocycles. The van der Waals surface area contributed by atoms with Crippen molar-refractivity contribution in [3.63, 3.8) is 0 Å². The summed E-state index contributed by atoms with van der Waals surface area (Å²) in [4.78, 5) is 26.8. The number of nitrogens with zero attached hydrogens (tertiary/aromatic N) is 2. The van der Waals surface area contributed by atoms with Gasteiger partial charge in [0.1, 0.15) is 5.57 Å². The Morgan fingerprint density at radius 2 is 1.76 bits per heavy atom. The molecule has 1 saturated carbocycles. The van der Waals surface area contributed by atoms with Gasteiger partial charge in [0.05, 0.1) is 11.4 Å². The standard InChI is InChI=1S/C30H32F6N4O4S/c31-29(32,33)13-5-1-2-6-14-40-18-22(17-37-40)28(30(34,35)36)16-24(21-10-9-19-7-3-4-8-20(19)15-21)25(26(41)38-28)27(42)39-45(43,44)23-11-12-23/h1-2,9-10,15,17-18,23H,3-8,11-14,16H2,(H,38,41)(H,39,42)/t28-/m0/s1. The number of halogens is 6. The number of benzene rings is 1. The van der Waals surface area contributed by atoms with Crippen molar-refractivity contribution in [1.82, 2.24) is 19.8 Å². The first kappa shape index (κ1) is 32.8.